The van der Waals surface area contributed by atoms with E-state index in [2.05, 4.69) is 31.4 Å². The third-order valence-electron chi connectivity index (χ3n) is 4.14. The van der Waals surface area contributed by atoms with E-state index in [-0.39, 0.29) is 11.8 Å². The van der Waals surface area contributed by atoms with E-state index in [9.17, 15) is 8.42 Å². The summed E-state index contributed by atoms with van der Waals surface area (Å²) in [6.07, 6.45) is 2.40. The first kappa shape index (κ1) is 15.5. The van der Waals surface area contributed by atoms with Crippen molar-refractivity contribution in [3.05, 3.63) is 35.4 Å². The smallest absolute Gasteiger partial charge is 0.155 e. The highest BCUT2D eigenvalue weighted by Gasteiger charge is 2.35. The summed E-state index contributed by atoms with van der Waals surface area (Å²) in [5.41, 5.74) is 4.91. The summed E-state index contributed by atoms with van der Waals surface area (Å²) in [4.78, 5) is 0. The highest BCUT2D eigenvalue weighted by atomic mass is 32.2. The minimum absolute atomic E-state index is 0.278. The van der Waals surface area contributed by atoms with Gasteiger partial charge in [0, 0.05) is 0 Å². The van der Waals surface area contributed by atoms with Crippen LogP contribution in [0.3, 0.4) is 0 Å². The first-order chi connectivity index (χ1) is 9.45. The summed E-state index contributed by atoms with van der Waals surface area (Å²) in [6, 6.07) is 7.77. The van der Waals surface area contributed by atoms with Crippen molar-refractivity contribution < 1.29 is 8.42 Å². The lowest BCUT2D eigenvalue weighted by Gasteiger charge is -2.30. The van der Waals surface area contributed by atoms with Crippen molar-refractivity contribution in [2.24, 2.45) is 5.84 Å². The fourth-order valence-corrected chi connectivity index (χ4v) is 4.95. The average Bonchev–Trinajstić information content (AvgIpc) is 2.42. The molecule has 0 aromatic heterocycles. The molecule has 20 heavy (non-hydrogen) atoms. The molecule has 1 aliphatic rings. The Balaban J connectivity index is 2.27. The van der Waals surface area contributed by atoms with Crippen LogP contribution in [0.25, 0.3) is 0 Å². The molecule has 3 N–H and O–H groups in total. The molecule has 0 spiro atoms. The van der Waals surface area contributed by atoms with Gasteiger partial charge in [-0.25, -0.2) is 8.42 Å². The second kappa shape index (κ2) is 6.24. The Labute approximate surface area is 121 Å². The van der Waals surface area contributed by atoms with Crippen molar-refractivity contribution in [3.8, 4) is 0 Å². The molecule has 0 aliphatic carbocycles. The van der Waals surface area contributed by atoms with Gasteiger partial charge in [0.05, 0.1) is 17.0 Å². The van der Waals surface area contributed by atoms with Gasteiger partial charge in [0.1, 0.15) is 0 Å². The van der Waals surface area contributed by atoms with Crippen molar-refractivity contribution in [2.45, 2.75) is 50.3 Å². The minimum Gasteiger partial charge on any atom is -0.271 e. The van der Waals surface area contributed by atoms with E-state index in [1.54, 1.807) is 0 Å². The number of nitrogens with two attached hydrogens (primary N) is 1. The van der Waals surface area contributed by atoms with Crippen LogP contribution in [0.4, 0.5) is 0 Å². The van der Waals surface area contributed by atoms with Gasteiger partial charge in [-0.2, -0.15) is 0 Å². The maximum absolute atomic E-state index is 12.2. The molecule has 1 heterocycles. The maximum Gasteiger partial charge on any atom is 0.155 e. The lowest BCUT2D eigenvalue weighted by atomic mass is 9.96. The monoisotopic (exact) mass is 296 g/mol. The quantitative estimate of drug-likeness (QED) is 0.660. The van der Waals surface area contributed by atoms with Crippen molar-refractivity contribution in [3.63, 3.8) is 0 Å². The maximum atomic E-state index is 12.2. The standard InChI is InChI=1S/C15H24N2O2S/c1-11(2)12-6-8-13(9-7-12)15(17-16)14-5-3-4-10-20(14,18)19/h6-9,11,14-15,17H,3-5,10,16H2,1-2H3. The second-order valence-electron chi connectivity index (χ2n) is 5.87. The van der Waals surface area contributed by atoms with Crippen LogP contribution in [0.1, 0.15) is 56.2 Å². The van der Waals surface area contributed by atoms with E-state index in [0.717, 1.165) is 18.4 Å². The number of benzene rings is 1. The summed E-state index contributed by atoms with van der Waals surface area (Å²) >= 11 is 0. The van der Waals surface area contributed by atoms with Gasteiger partial charge in [0.15, 0.2) is 9.84 Å². The highest BCUT2D eigenvalue weighted by Crippen LogP contribution is 2.30. The first-order valence-electron chi connectivity index (χ1n) is 7.23. The van der Waals surface area contributed by atoms with E-state index in [1.165, 1.54) is 5.56 Å². The topological polar surface area (TPSA) is 72.2 Å². The van der Waals surface area contributed by atoms with Crippen molar-refractivity contribution in [2.75, 3.05) is 5.75 Å². The summed E-state index contributed by atoms with van der Waals surface area (Å²) in [5, 5.41) is -0.411. The third-order valence-corrected chi connectivity index (χ3v) is 6.43. The van der Waals surface area contributed by atoms with E-state index < -0.39 is 15.1 Å². The SMILES string of the molecule is CC(C)c1ccc(C(NN)C2CCCCS2(=O)=O)cc1. The third kappa shape index (κ3) is 3.22. The van der Waals surface area contributed by atoms with Gasteiger partial charge in [-0.15, -0.1) is 0 Å². The summed E-state index contributed by atoms with van der Waals surface area (Å²) in [5.74, 6) is 6.38. The Kier molecular flexibility index (Phi) is 4.83. The lowest BCUT2D eigenvalue weighted by molar-refractivity contribution is 0.453. The van der Waals surface area contributed by atoms with Gasteiger partial charge < -0.3 is 0 Å². The molecule has 1 fully saturated rings. The Hall–Kier alpha value is -0.910. The molecule has 1 aromatic rings. The summed E-state index contributed by atoms with van der Waals surface area (Å²) in [6.45, 7) is 4.28. The molecular formula is C15H24N2O2S. The number of hydrogen-bond acceptors (Lipinski definition) is 4. The summed E-state index contributed by atoms with van der Waals surface area (Å²) in [7, 11) is -3.05. The first-order valence-corrected chi connectivity index (χ1v) is 8.95. The molecule has 2 unspecified atom stereocenters. The molecule has 4 nitrogen and oxygen atoms in total. The number of hydrazine groups is 1. The lowest BCUT2D eigenvalue weighted by Crippen LogP contribution is -2.43. The molecule has 2 atom stereocenters. The van der Waals surface area contributed by atoms with Crippen LogP contribution in [-0.2, 0) is 9.84 Å². The van der Waals surface area contributed by atoms with Crippen LogP contribution in [0, 0.1) is 0 Å². The zero-order chi connectivity index (χ0) is 14.8. The predicted octanol–water partition coefficient (Wildman–Crippen LogP) is 2.28. The molecule has 5 heteroatoms. The van der Waals surface area contributed by atoms with E-state index in [1.807, 2.05) is 12.1 Å². The molecule has 1 aliphatic heterocycles. The van der Waals surface area contributed by atoms with Crippen molar-refractivity contribution in [1.29, 1.82) is 0 Å². The van der Waals surface area contributed by atoms with Crippen LogP contribution >= 0.6 is 0 Å². The van der Waals surface area contributed by atoms with Gasteiger partial charge in [-0.3, -0.25) is 11.3 Å². The van der Waals surface area contributed by atoms with E-state index in [0.29, 0.717) is 12.3 Å². The zero-order valence-electron chi connectivity index (χ0n) is 12.2. The number of nitrogens with one attached hydrogen (secondary N) is 1. The summed E-state index contributed by atoms with van der Waals surface area (Å²) < 4.78 is 24.5. The molecule has 0 amide bonds. The fraction of sp³-hybridized carbons (Fsp3) is 0.600. The molecular weight excluding hydrogens is 272 g/mol. The molecule has 2 rings (SSSR count). The van der Waals surface area contributed by atoms with Crippen LogP contribution in [-0.4, -0.2) is 19.4 Å². The van der Waals surface area contributed by atoms with Gasteiger partial charge in [0.25, 0.3) is 0 Å². The molecule has 0 radical (unpaired) electrons. The zero-order valence-corrected chi connectivity index (χ0v) is 13.0. The van der Waals surface area contributed by atoms with Crippen LogP contribution < -0.4 is 11.3 Å². The number of rotatable bonds is 4. The van der Waals surface area contributed by atoms with Crippen LogP contribution in [0.2, 0.25) is 0 Å². The normalized spacial score (nSPS) is 23.7. The van der Waals surface area contributed by atoms with E-state index >= 15 is 0 Å². The minimum atomic E-state index is -3.05. The van der Waals surface area contributed by atoms with Gasteiger partial charge in [-0.05, 0) is 29.9 Å². The van der Waals surface area contributed by atoms with Crippen LogP contribution in [0.15, 0.2) is 24.3 Å². The van der Waals surface area contributed by atoms with E-state index in [4.69, 9.17) is 5.84 Å². The molecule has 112 valence electrons. The Bertz CT molecular complexity index is 537. The Morgan fingerprint density at radius 3 is 2.25 bits per heavy atom. The Morgan fingerprint density at radius 1 is 1.15 bits per heavy atom. The second-order valence-corrected chi connectivity index (χ2v) is 8.21. The van der Waals surface area contributed by atoms with Crippen molar-refractivity contribution >= 4 is 9.84 Å². The predicted molar refractivity (Wildman–Crippen MR) is 82.0 cm³/mol. The average molecular weight is 296 g/mol. The highest BCUT2D eigenvalue weighted by molar-refractivity contribution is 7.92. The number of hydrogen-bond donors (Lipinski definition) is 2. The molecule has 1 saturated heterocycles. The van der Waals surface area contributed by atoms with Gasteiger partial charge in [-0.1, -0.05) is 44.5 Å². The van der Waals surface area contributed by atoms with Gasteiger partial charge in [0.2, 0.25) is 0 Å². The Morgan fingerprint density at radius 2 is 1.75 bits per heavy atom. The van der Waals surface area contributed by atoms with Crippen molar-refractivity contribution in [1.82, 2.24) is 5.43 Å². The molecule has 0 saturated carbocycles. The number of sulfone groups is 1. The fourth-order valence-electron chi connectivity index (χ4n) is 2.86. The molecule has 1 aromatic carbocycles. The van der Waals surface area contributed by atoms with Crippen LogP contribution in [0.5, 0.6) is 0 Å². The largest absolute Gasteiger partial charge is 0.271 e. The van der Waals surface area contributed by atoms with Gasteiger partial charge >= 0.3 is 0 Å². The molecule has 0 bridgehead atoms.